The lowest BCUT2D eigenvalue weighted by Crippen LogP contribution is -2.45. The van der Waals surface area contributed by atoms with Gasteiger partial charge >= 0.3 is 12.0 Å². The fourth-order valence-electron chi connectivity index (χ4n) is 2.11. The lowest BCUT2D eigenvalue weighted by molar-refractivity contribution is -0.137. The smallest absolute Gasteiger partial charge is 0.319 e. The van der Waals surface area contributed by atoms with Gasteiger partial charge in [-0.25, -0.2) is 4.79 Å². The molecule has 0 radical (unpaired) electrons. The minimum Gasteiger partial charge on any atom is -0.481 e. The summed E-state index contributed by atoms with van der Waals surface area (Å²) in [7, 11) is 0. The first kappa shape index (κ1) is 17.1. The summed E-state index contributed by atoms with van der Waals surface area (Å²) in [5.74, 6) is -0.583. The van der Waals surface area contributed by atoms with Crippen molar-refractivity contribution in [3.8, 4) is 0 Å². The molecule has 0 bridgehead atoms. The second-order valence-corrected chi connectivity index (χ2v) is 6.92. The zero-order valence-electron chi connectivity index (χ0n) is 12.9. The number of hydrogen-bond acceptors (Lipinski definition) is 4. The van der Waals surface area contributed by atoms with Crippen molar-refractivity contribution in [1.29, 1.82) is 0 Å². The van der Waals surface area contributed by atoms with Crippen LogP contribution in [-0.2, 0) is 9.59 Å². The molecule has 3 amide bonds. The number of carboxylic acid groups (broad SMARTS) is 1. The van der Waals surface area contributed by atoms with Crippen molar-refractivity contribution in [2.45, 2.75) is 37.1 Å². The molecular formula is C15H19N3O4S. The van der Waals surface area contributed by atoms with Gasteiger partial charge in [0.1, 0.15) is 0 Å². The van der Waals surface area contributed by atoms with Gasteiger partial charge in [-0.1, -0.05) is 0 Å². The third kappa shape index (κ3) is 5.17. The first-order valence-corrected chi connectivity index (χ1v) is 8.11. The molecule has 23 heavy (non-hydrogen) atoms. The van der Waals surface area contributed by atoms with Crippen LogP contribution in [0, 0.1) is 0 Å². The van der Waals surface area contributed by atoms with Gasteiger partial charge < -0.3 is 21.1 Å². The van der Waals surface area contributed by atoms with Crippen LogP contribution in [0.2, 0.25) is 0 Å². The van der Waals surface area contributed by atoms with E-state index in [0.717, 1.165) is 4.90 Å². The monoisotopic (exact) mass is 337 g/mol. The highest BCUT2D eigenvalue weighted by Gasteiger charge is 2.22. The highest BCUT2D eigenvalue weighted by molar-refractivity contribution is 8.00. The number of amides is 3. The van der Waals surface area contributed by atoms with Crippen molar-refractivity contribution in [3.63, 3.8) is 0 Å². The third-order valence-electron chi connectivity index (χ3n) is 3.29. The summed E-state index contributed by atoms with van der Waals surface area (Å²) in [6.07, 6.45) is 0.308. The molecule has 1 aromatic carbocycles. The van der Waals surface area contributed by atoms with Gasteiger partial charge in [-0.15, -0.1) is 11.8 Å². The van der Waals surface area contributed by atoms with Gasteiger partial charge in [0, 0.05) is 22.5 Å². The molecule has 0 saturated carbocycles. The number of hydrogen-bond donors (Lipinski definition) is 4. The van der Waals surface area contributed by atoms with Gasteiger partial charge in [0.2, 0.25) is 5.91 Å². The van der Waals surface area contributed by atoms with E-state index in [0.29, 0.717) is 23.5 Å². The van der Waals surface area contributed by atoms with Crippen molar-refractivity contribution < 1.29 is 19.5 Å². The summed E-state index contributed by atoms with van der Waals surface area (Å²) < 4.78 is 0. The SMILES string of the molecule is CC(C)(CCC(=O)O)NC(=O)Nc1ccc2c(c1)NC(=O)CS2. The van der Waals surface area contributed by atoms with Gasteiger partial charge in [0.25, 0.3) is 0 Å². The number of anilines is 2. The Kier molecular flexibility index (Phi) is 5.15. The van der Waals surface area contributed by atoms with Crippen molar-refractivity contribution in [2.24, 2.45) is 0 Å². The van der Waals surface area contributed by atoms with Gasteiger partial charge in [-0.2, -0.15) is 0 Å². The Bertz CT molecular complexity index is 646. The average Bonchev–Trinajstić information content (AvgIpc) is 2.44. The molecule has 7 nitrogen and oxygen atoms in total. The number of carbonyl (C=O) groups excluding carboxylic acids is 2. The summed E-state index contributed by atoms with van der Waals surface area (Å²) in [5.41, 5.74) is 0.591. The maximum atomic E-state index is 12.0. The number of carboxylic acids is 1. The Balaban J connectivity index is 1.96. The molecule has 0 atom stereocenters. The van der Waals surface area contributed by atoms with Crippen LogP contribution in [0.5, 0.6) is 0 Å². The first-order chi connectivity index (χ1) is 10.7. The third-order valence-corrected chi connectivity index (χ3v) is 4.36. The standard InChI is InChI=1S/C15H19N3O4S/c1-15(2,6-5-13(20)21)18-14(22)16-9-3-4-11-10(7-9)17-12(19)8-23-11/h3-4,7H,5-6,8H2,1-2H3,(H,17,19)(H,20,21)(H2,16,18,22). The van der Waals surface area contributed by atoms with E-state index >= 15 is 0 Å². The van der Waals surface area contributed by atoms with Crippen LogP contribution in [0.15, 0.2) is 23.1 Å². The number of benzene rings is 1. The fourth-order valence-corrected chi connectivity index (χ4v) is 2.90. The fraction of sp³-hybridized carbons (Fsp3) is 0.400. The average molecular weight is 337 g/mol. The molecule has 124 valence electrons. The van der Waals surface area contributed by atoms with Crippen LogP contribution in [-0.4, -0.2) is 34.3 Å². The van der Waals surface area contributed by atoms with Crippen molar-refractivity contribution in [2.75, 3.05) is 16.4 Å². The predicted molar refractivity (Wildman–Crippen MR) is 88.9 cm³/mol. The zero-order valence-corrected chi connectivity index (χ0v) is 13.8. The normalized spacial score (nSPS) is 13.7. The molecule has 2 rings (SSSR count). The minimum atomic E-state index is -0.900. The summed E-state index contributed by atoms with van der Waals surface area (Å²) in [6.45, 7) is 3.53. The van der Waals surface area contributed by atoms with Gasteiger partial charge in [-0.3, -0.25) is 9.59 Å². The lowest BCUT2D eigenvalue weighted by atomic mass is 9.99. The lowest BCUT2D eigenvalue weighted by Gasteiger charge is -2.26. The molecular weight excluding hydrogens is 318 g/mol. The summed E-state index contributed by atoms with van der Waals surface area (Å²) in [5, 5.41) is 16.9. The van der Waals surface area contributed by atoms with Crippen molar-refractivity contribution in [1.82, 2.24) is 5.32 Å². The van der Waals surface area contributed by atoms with Crippen LogP contribution in [0.4, 0.5) is 16.2 Å². The number of rotatable bonds is 5. The molecule has 1 aliphatic rings. The number of nitrogens with one attached hydrogen (secondary N) is 3. The molecule has 8 heteroatoms. The van der Waals surface area contributed by atoms with Crippen LogP contribution in [0.3, 0.4) is 0 Å². The molecule has 1 aromatic rings. The number of aliphatic carboxylic acids is 1. The Morgan fingerprint density at radius 1 is 1.39 bits per heavy atom. The van der Waals surface area contributed by atoms with Crippen LogP contribution < -0.4 is 16.0 Å². The summed E-state index contributed by atoms with van der Waals surface area (Å²) >= 11 is 1.45. The van der Waals surface area contributed by atoms with E-state index in [4.69, 9.17) is 5.11 Å². The first-order valence-electron chi connectivity index (χ1n) is 7.13. The van der Waals surface area contributed by atoms with Crippen LogP contribution in [0.25, 0.3) is 0 Å². The van der Waals surface area contributed by atoms with E-state index in [1.54, 1.807) is 26.0 Å². The topological polar surface area (TPSA) is 108 Å². The second kappa shape index (κ2) is 6.91. The highest BCUT2D eigenvalue weighted by atomic mass is 32.2. The Labute approximate surface area is 138 Å². The quantitative estimate of drug-likeness (QED) is 0.660. The van der Waals surface area contributed by atoms with E-state index in [-0.39, 0.29) is 12.3 Å². The van der Waals surface area contributed by atoms with Crippen LogP contribution >= 0.6 is 11.8 Å². The number of thioether (sulfide) groups is 1. The molecule has 0 aromatic heterocycles. The van der Waals surface area contributed by atoms with E-state index in [2.05, 4.69) is 16.0 Å². The Hall–Kier alpha value is -2.22. The van der Waals surface area contributed by atoms with Crippen molar-refractivity contribution >= 4 is 41.0 Å². The van der Waals surface area contributed by atoms with Gasteiger partial charge in [0.05, 0.1) is 11.4 Å². The van der Waals surface area contributed by atoms with Crippen LogP contribution in [0.1, 0.15) is 26.7 Å². The molecule has 0 unspecified atom stereocenters. The largest absolute Gasteiger partial charge is 0.481 e. The number of fused-ring (bicyclic) bond motifs is 1. The van der Waals surface area contributed by atoms with Gasteiger partial charge in [0.15, 0.2) is 0 Å². The zero-order chi connectivity index (χ0) is 17.0. The maximum Gasteiger partial charge on any atom is 0.319 e. The molecule has 0 saturated heterocycles. The van der Waals surface area contributed by atoms with E-state index in [1.165, 1.54) is 11.8 Å². The predicted octanol–water partition coefficient (Wildman–Crippen LogP) is 2.50. The second-order valence-electron chi connectivity index (χ2n) is 5.90. The molecule has 0 spiro atoms. The molecule has 1 aliphatic heterocycles. The maximum absolute atomic E-state index is 12.0. The number of urea groups is 1. The van der Waals surface area contributed by atoms with Crippen molar-refractivity contribution in [3.05, 3.63) is 18.2 Å². The summed E-state index contributed by atoms with van der Waals surface area (Å²) in [6, 6.07) is 4.87. The number of carbonyl (C=O) groups is 3. The summed E-state index contributed by atoms with van der Waals surface area (Å²) in [4.78, 5) is 35.0. The van der Waals surface area contributed by atoms with E-state index in [1.807, 2.05) is 6.07 Å². The Morgan fingerprint density at radius 2 is 2.13 bits per heavy atom. The van der Waals surface area contributed by atoms with E-state index < -0.39 is 17.5 Å². The molecule has 1 heterocycles. The highest BCUT2D eigenvalue weighted by Crippen LogP contribution is 2.33. The van der Waals surface area contributed by atoms with E-state index in [9.17, 15) is 14.4 Å². The minimum absolute atomic E-state index is 0.0185. The molecule has 4 N–H and O–H groups in total. The molecule has 0 aliphatic carbocycles. The Morgan fingerprint density at radius 3 is 2.83 bits per heavy atom. The van der Waals surface area contributed by atoms with Gasteiger partial charge in [-0.05, 0) is 38.5 Å². The molecule has 0 fully saturated rings.